The SMILES string of the molecule is CCOc1ccc(C(C)=NNC(=O)C2C3CCCCC32C)cc1. The van der Waals surface area contributed by atoms with Crippen LogP contribution in [0.25, 0.3) is 0 Å². The lowest BCUT2D eigenvalue weighted by atomic mass is 9.90. The smallest absolute Gasteiger partial charge is 0.244 e. The Kier molecular flexibility index (Phi) is 4.42. The second kappa shape index (κ2) is 6.34. The molecule has 1 aromatic carbocycles. The van der Waals surface area contributed by atoms with Crippen molar-refractivity contribution in [3.63, 3.8) is 0 Å². The summed E-state index contributed by atoms with van der Waals surface area (Å²) in [6.07, 6.45) is 4.89. The van der Waals surface area contributed by atoms with Crippen LogP contribution in [0.15, 0.2) is 29.4 Å². The minimum absolute atomic E-state index is 0.0877. The number of hydrazone groups is 1. The normalized spacial score (nSPS) is 29.6. The van der Waals surface area contributed by atoms with Crippen molar-refractivity contribution >= 4 is 11.6 Å². The summed E-state index contributed by atoms with van der Waals surface area (Å²) in [4.78, 5) is 12.4. The lowest BCUT2D eigenvalue weighted by Gasteiger charge is -2.15. The van der Waals surface area contributed by atoms with Gasteiger partial charge in [0.05, 0.1) is 12.3 Å². The highest BCUT2D eigenvalue weighted by Crippen LogP contribution is 2.66. The molecular formula is C19H26N2O2. The Morgan fingerprint density at radius 3 is 2.70 bits per heavy atom. The van der Waals surface area contributed by atoms with E-state index in [1.165, 1.54) is 25.7 Å². The Morgan fingerprint density at radius 1 is 1.35 bits per heavy atom. The Hall–Kier alpha value is -1.84. The molecule has 0 saturated heterocycles. The van der Waals surface area contributed by atoms with Crippen LogP contribution in [0.5, 0.6) is 5.75 Å². The van der Waals surface area contributed by atoms with Gasteiger partial charge in [-0.15, -0.1) is 0 Å². The Bertz CT molecular complexity index is 608. The molecule has 0 bridgehead atoms. The maximum absolute atomic E-state index is 12.4. The molecule has 2 fully saturated rings. The number of benzene rings is 1. The predicted molar refractivity (Wildman–Crippen MR) is 91.5 cm³/mol. The maximum Gasteiger partial charge on any atom is 0.244 e. The number of nitrogens with one attached hydrogen (secondary N) is 1. The molecule has 1 aromatic rings. The van der Waals surface area contributed by atoms with Gasteiger partial charge in [0.1, 0.15) is 5.75 Å². The summed E-state index contributed by atoms with van der Waals surface area (Å²) in [5.74, 6) is 1.66. The Morgan fingerprint density at radius 2 is 2.09 bits per heavy atom. The number of amides is 1. The van der Waals surface area contributed by atoms with E-state index in [9.17, 15) is 4.79 Å². The van der Waals surface area contributed by atoms with Crippen molar-refractivity contribution in [1.29, 1.82) is 0 Å². The van der Waals surface area contributed by atoms with E-state index in [2.05, 4.69) is 17.5 Å². The van der Waals surface area contributed by atoms with Crippen LogP contribution in [0.3, 0.4) is 0 Å². The van der Waals surface area contributed by atoms with Crippen LogP contribution < -0.4 is 10.2 Å². The van der Waals surface area contributed by atoms with E-state index in [4.69, 9.17) is 4.74 Å². The van der Waals surface area contributed by atoms with Crippen LogP contribution in [0, 0.1) is 17.3 Å². The number of hydrogen-bond donors (Lipinski definition) is 1. The van der Waals surface area contributed by atoms with E-state index in [-0.39, 0.29) is 17.2 Å². The highest BCUT2D eigenvalue weighted by molar-refractivity contribution is 5.99. The number of carbonyl (C=O) groups excluding carboxylic acids is 1. The lowest BCUT2D eigenvalue weighted by molar-refractivity contribution is -0.123. The molecule has 4 heteroatoms. The van der Waals surface area contributed by atoms with Crippen LogP contribution in [0.4, 0.5) is 0 Å². The first-order valence-corrected chi connectivity index (χ1v) is 8.63. The summed E-state index contributed by atoms with van der Waals surface area (Å²) < 4.78 is 5.43. The van der Waals surface area contributed by atoms with Gasteiger partial charge >= 0.3 is 0 Å². The van der Waals surface area contributed by atoms with Gasteiger partial charge in [-0.2, -0.15) is 5.10 Å². The van der Waals surface area contributed by atoms with Gasteiger partial charge in [0.15, 0.2) is 0 Å². The van der Waals surface area contributed by atoms with Gasteiger partial charge in [0, 0.05) is 5.92 Å². The van der Waals surface area contributed by atoms with Crippen molar-refractivity contribution in [3.8, 4) is 5.75 Å². The number of carbonyl (C=O) groups is 1. The topological polar surface area (TPSA) is 50.7 Å². The van der Waals surface area contributed by atoms with Crippen molar-refractivity contribution in [2.75, 3.05) is 6.61 Å². The van der Waals surface area contributed by atoms with E-state index in [1.54, 1.807) is 0 Å². The fraction of sp³-hybridized carbons (Fsp3) is 0.579. The lowest BCUT2D eigenvalue weighted by Crippen LogP contribution is -2.23. The summed E-state index contributed by atoms with van der Waals surface area (Å²) in [5, 5.41) is 4.30. The van der Waals surface area contributed by atoms with Crippen molar-refractivity contribution < 1.29 is 9.53 Å². The van der Waals surface area contributed by atoms with E-state index < -0.39 is 0 Å². The van der Waals surface area contributed by atoms with Crippen molar-refractivity contribution in [2.45, 2.75) is 46.5 Å². The minimum Gasteiger partial charge on any atom is -0.494 e. The summed E-state index contributed by atoms with van der Waals surface area (Å²) >= 11 is 0. The average molecular weight is 314 g/mol. The molecule has 3 rings (SSSR count). The highest BCUT2D eigenvalue weighted by atomic mass is 16.5. The standard InChI is InChI=1S/C19H26N2O2/c1-4-23-15-10-8-14(9-11-15)13(2)20-21-18(22)17-16-7-5-6-12-19(16,17)3/h8-11,16-17H,4-7,12H2,1-3H3,(H,21,22). The zero-order valence-electron chi connectivity index (χ0n) is 14.3. The van der Waals surface area contributed by atoms with Crippen LogP contribution >= 0.6 is 0 Å². The van der Waals surface area contributed by atoms with Gasteiger partial charge < -0.3 is 4.74 Å². The number of ether oxygens (including phenoxy) is 1. The second-order valence-electron chi connectivity index (χ2n) is 6.97. The average Bonchev–Trinajstić information content (AvgIpc) is 3.19. The van der Waals surface area contributed by atoms with Gasteiger partial charge in [-0.25, -0.2) is 5.43 Å². The molecule has 0 aromatic heterocycles. The molecular weight excluding hydrogens is 288 g/mol. The van der Waals surface area contributed by atoms with Crippen molar-refractivity contribution in [2.24, 2.45) is 22.4 Å². The Balaban J connectivity index is 1.60. The molecule has 4 nitrogen and oxygen atoms in total. The molecule has 1 amide bonds. The fourth-order valence-corrected chi connectivity index (χ4v) is 4.08. The van der Waals surface area contributed by atoms with Gasteiger partial charge in [-0.3, -0.25) is 4.79 Å². The largest absolute Gasteiger partial charge is 0.494 e. The summed E-state index contributed by atoms with van der Waals surface area (Å²) in [7, 11) is 0. The molecule has 2 aliphatic carbocycles. The maximum atomic E-state index is 12.4. The van der Waals surface area contributed by atoms with Gasteiger partial charge in [0.25, 0.3) is 0 Å². The van der Waals surface area contributed by atoms with E-state index >= 15 is 0 Å². The second-order valence-corrected chi connectivity index (χ2v) is 6.97. The molecule has 0 heterocycles. The van der Waals surface area contributed by atoms with Crippen molar-refractivity contribution in [1.82, 2.24) is 5.43 Å². The van der Waals surface area contributed by atoms with Crippen molar-refractivity contribution in [3.05, 3.63) is 29.8 Å². The third-order valence-corrected chi connectivity index (χ3v) is 5.53. The molecule has 2 aliphatic rings. The third-order valence-electron chi connectivity index (χ3n) is 5.53. The zero-order valence-corrected chi connectivity index (χ0v) is 14.3. The molecule has 124 valence electrons. The zero-order chi connectivity index (χ0) is 16.4. The van der Waals surface area contributed by atoms with Crippen LogP contribution in [0.2, 0.25) is 0 Å². The minimum atomic E-state index is 0.0877. The Labute approximate surface area is 138 Å². The van der Waals surface area contributed by atoms with Gasteiger partial charge in [-0.05, 0) is 67.9 Å². The molecule has 0 spiro atoms. The quantitative estimate of drug-likeness (QED) is 0.664. The first kappa shape index (κ1) is 16.0. The molecule has 0 radical (unpaired) electrons. The highest BCUT2D eigenvalue weighted by Gasteiger charge is 2.64. The number of fused-ring (bicyclic) bond motifs is 1. The number of hydrogen-bond acceptors (Lipinski definition) is 3. The first-order chi connectivity index (χ1) is 11.1. The molecule has 3 atom stereocenters. The molecule has 0 aliphatic heterocycles. The summed E-state index contributed by atoms with van der Waals surface area (Å²) in [5.41, 5.74) is 4.82. The number of nitrogens with zero attached hydrogens (tertiary/aromatic N) is 1. The summed E-state index contributed by atoms with van der Waals surface area (Å²) in [6.45, 7) is 6.79. The van der Waals surface area contributed by atoms with Gasteiger partial charge in [0.2, 0.25) is 5.91 Å². The van der Waals surface area contributed by atoms with Gasteiger partial charge in [-0.1, -0.05) is 19.8 Å². The molecule has 23 heavy (non-hydrogen) atoms. The monoisotopic (exact) mass is 314 g/mol. The third kappa shape index (κ3) is 3.12. The predicted octanol–water partition coefficient (Wildman–Crippen LogP) is 3.75. The van der Waals surface area contributed by atoms with Crippen LogP contribution in [-0.4, -0.2) is 18.2 Å². The molecule has 3 unspecified atom stereocenters. The molecule has 1 N–H and O–H groups in total. The van der Waals surface area contributed by atoms with Crippen LogP contribution in [-0.2, 0) is 4.79 Å². The first-order valence-electron chi connectivity index (χ1n) is 8.63. The fourth-order valence-electron chi connectivity index (χ4n) is 4.08. The van der Waals surface area contributed by atoms with E-state index in [0.717, 1.165) is 17.0 Å². The van der Waals surface area contributed by atoms with Crippen LogP contribution in [0.1, 0.15) is 52.0 Å². The number of rotatable bonds is 5. The van der Waals surface area contributed by atoms with E-state index in [1.807, 2.05) is 38.1 Å². The van der Waals surface area contributed by atoms with E-state index in [0.29, 0.717) is 12.5 Å². The summed E-state index contributed by atoms with van der Waals surface area (Å²) in [6, 6.07) is 7.79. The molecule has 2 saturated carbocycles.